The number of aromatic nitrogens is 1. The molecule has 19 heavy (non-hydrogen) atoms. The predicted octanol–water partition coefficient (Wildman–Crippen LogP) is 1.75. The zero-order valence-corrected chi connectivity index (χ0v) is 11.6. The molecule has 1 atom stereocenters. The molecule has 1 N–H and O–H groups in total. The molecule has 1 amide bonds. The van der Waals surface area contributed by atoms with Gasteiger partial charge in [-0.1, -0.05) is 13.8 Å². The summed E-state index contributed by atoms with van der Waals surface area (Å²) < 4.78 is 6.70. The zero-order valence-electron chi connectivity index (χ0n) is 11.6. The lowest BCUT2D eigenvalue weighted by Crippen LogP contribution is -2.45. The number of hydrogen-bond donors (Lipinski definition) is 1. The standard InChI is InChI=1S/C14H20N2O3/c1-9(2)12(14(18)19-3)15-13(17)11-5-4-8-16(11)10-6-7-10/h4-5,8-10,12H,6-7H2,1-3H3,(H,15,17). The third-order valence-electron chi connectivity index (χ3n) is 3.36. The Kier molecular flexibility index (Phi) is 3.93. The molecule has 104 valence electrons. The Labute approximate surface area is 112 Å². The molecule has 0 aromatic carbocycles. The quantitative estimate of drug-likeness (QED) is 0.824. The first-order valence-corrected chi connectivity index (χ1v) is 6.60. The van der Waals surface area contributed by atoms with Crippen molar-refractivity contribution in [2.45, 2.75) is 38.8 Å². The number of carbonyl (C=O) groups is 2. The van der Waals surface area contributed by atoms with Crippen LogP contribution in [0.1, 0.15) is 43.2 Å². The number of nitrogens with one attached hydrogen (secondary N) is 1. The first kappa shape index (κ1) is 13.6. The maximum absolute atomic E-state index is 12.3. The van der Waals surface area contributed by atoms with E-state index in [4.69, 9.17) is 4.74 Å². The van der Waals surface area contributed by atoms with Crippen LogP contribution >= 0.6 is 0 Å². The lowest BCUT2D eigenvalue weighted by molar-refractivity contribution is -0.144. The van der Waals surface area contributed by atoms with E-state index in [9.17, 15) is 9.59 Å². The molecule has 1 aromatic heterocycles. The largest absolute Gasteiger partial charge is 0.467 e. The Balaban J connectivity index is 2.10. The van der Waals surface area contributed by atoms with E-state index in [-0.39, 0.29) is 11.8 Å². The Morgan fingerprint density at radius 2 is 2.11 bits per heavy atom. The van der Waals surface area contributed by atoms with E-state index in [1.54, 1.807) is 6.07 Å². The number of hydrogen-bond acceptors (Lipinski definition) is 3. The number of rotatable bonds is 5. The number of nitrogens with zero attached hydrogens (tertiary/aromatic N) is 1. The van der Waals surface area contributed by atoms with E-state index in [0.29, 0.717) is 11.7 Å². The van der Waals surface area contributed by atoms with Gasteiger partial charge in [0.25, 0.3) is 5.91 Å². The molecule has 1 aliphatic carbocycles. The van der Waals surface area contributed by atoms with Gasteiger partial charge in [0.15, 0.2) is 0 Å². The molecule has 0 radical (unpaired) electrons. The van der Waals surface area contributed by atoms with Crippen molar-refractivity contribution in [2.24, 2.45) is 5.92 Å². The molecule has 1 aliphatic rings. The SMILES string of the molecule is COC(=O)C(NC(=O)c1cccn1C1CC1)C(C)C. The minimum atomic E-state index is -0.611. The maximum Gasteiger partial charge on any atom is 0.328 e. The fourth-order valence-electron chi connectivity index (χ4n) is 2.10. The Hall–Kier alpha value is -1.78. The van der Waals surface area contributed by atoms with Gasteiger partial charge in [-0.3, -0.25) is 4.79 Å². The van der Waals surface area contributed by atoms with Gasteiger partial charge >= 0.3 is 5.97 Å². The van der Waals surface area contributed by atoms with Crippen LogP contribution in [0.15, 0.2) is 18.3 Å². The summed E-state index contributed by atoms with van der Waals surface area (Å²) in [4.78, 5) is 23.9. The molecule has 1 unspecified atom stereocenters. The van der Waals surface area contributed by atoms with Gasteiger partial charge in [-0.05, 0) is 30.9 Å². The van der Waals surface area contributed by atoms with E-state index in [0.717, 1.165) is 12.8 Å². The second kappa shape index (κ2) is 5.47. The summed E-state index contributed by atoms with van der Waals surface area (Å²) in [6.45, 7) is 3.75. The molecular weight excluding hydrogens is 244 g/mol. The molecule has 0 bridgehead atoms. The highest BCUT2D eigenvalue weighted by Crippen LogP contribution is 2.36. The van der Waals surface area contributed by atoms with Crippen LogP contribution < -0.4 is 5.32 Å². The Morgan fingerprint density at radius 3 is 2.63 bits per heavy atom. The fourth-order valence-corrected chi connectivity index (χ4v) is 2.10. The predicted molar refractivity (Wildman–Crippen MR) is 70.8 cm³/mol. The molecule has 0 saturated heterocycles. The molecule has 5 nitrogen and oxygen atoms in total. The van der Waals surface area contributed by atoms with E-state index in [1.165, 1.54) is 7.11 Å². The van der Waals surface area contributed by atoms with Crippen LogP contribution in [-0.2, 0) is 9.53 Å². The van der Waals surface area contributed by atoms with Gasteiger partial charge in [-0.2, -0.15) is 0 Å². The topological polar surface area (TPSA) is 60.3 Å². The van der Waals surface area contributed by atoms with Crippen LogP contribution in [0.25, 0.3) is 0 Å². The molecule has 1 heterocycles. The minimum absolute atomic E-state index is 0.0132. The van der Waals surface area contributed by atoms with Gasteiger partial charge in [-0.25, -0.2) is 4.79 Å². The highest BCUT2D eigenvalue weighted by molar-refractivity contribution is 5.95. The minimum Gasteiger partial charge on any atom is -0.467 e. The molecule has 0 spiro atoms. The number of methoxy groups -OCH3 is 1. The Morgan fingerprint density at radius 1 is 1.42 bits per heavy atom. The van der Waals surface area contributed by atoms with Crippen LogP contribution in [0.3, 0.4) is 0 Å². The van der Waals surface area contributed by atoms with Gasteiger partial charge < -0.3 is 14.6 Å². The molecule has 5 heteroatoms. The summed E-state index contributed by atoms with van der Waals surface area (Å²) in [5, 5.41) is 2.76. The van der Waals surface area contributed by atoms with Crippen molar-refractivity contribution in [1.29, 1.82) is 0 Å². The molecule has 1 aromatic rings. The van der Waals surface area contributed by atoms with Crippen LogP contribution in [0.5, 0.6) is 0 Å². The third-order valence-corrected chi connectivity index (χ3v) is 3.36. The third kappa shape index (κ3) is 2.97. The van der Waals surface area contributed by atoms with Crippen molar-refractivity contribution in [3.63, 3.8) is 0 Å². The summed E-state index contributed by atoms with van der Waals surface area (Å²) >= 11 is 0. The van der Waals surface area contributed by atoms with Gasteiger partial charge in [0.1, 0.15) is 11.7 Å². The molecule has 1 fully saturated rings. The van der Waals surface area contributed by atoms with Crippen molar-refractivity contribution >= 4 is 11.9 Å². The number of esters is 1. The Bertz CT molecular complexity index is 475. The van der Waals surface area contributed by atoms with Gasteiger partial charge in [0.2, 0.25) is 0 Å². The van der Waals surface area contributed by atoms with E-state index in [1.807, 2.05) is 30.7 Å². The lowest BCUT2D eigenvalue weighted by Gasteiger charge is -2.20. The average molecular weight is 264 g/mol. The van der Waals surface area contributed by atoms with Crippen molar-refractivity contribution in [2.75, 3.05) is 7.11 Å². The van der Waals surface area contributed by atoms with E-state index < -0.39 is 12.0 Å². The van der Waals surface area contributed by atoms with Crippen LogP contribution in [0.2, 0.25) is 0 Å². The van der Waals surface area contributed by atoms with Gasteiger partial charge in [0, 0.05) is 12.2 Å². The van der Waals surface area contributed by atoms with E-state index in [2.05, 4.69) is 5.32 Å². The molecule has 1 saturated carbocycles. The summed E-state index contributed by atoms with van der Waals surface area (Å²) in [7, 11) is 1.33. The summed E-state index contributed by atoms with van der Waals surface area (Å²) in [6.07, 6.45) is 4.13. The summed E-state index contributed by atoms with van der Waals surface area (Å²) in [6, 6.07) is 3.46. The van der Waals surface area contributed by atoms with E-state index >= 15 is 0 Å². The molecule has 2 rings (SSSR count). The van der Waals surface area contributed by atoms with Crippen LogP contribution in [0.4, 0.5) is 0 Å². The van der Waals surface area contributed by atoms with Crippen LogP contribution in [0, 0.1) is 5.92 Å². The van der Waals surface area contributed by atoms with Crippen molar-refractivity contribution < 1.29 is 14.3 Å². The van der Waals surface area contributed by atoms with Crippen molar-refractivity contribution in [1.82, 2.24) is 9.88 Å². The molecular formula is C14H20N2O3. The summed E-state index contributed by atoms with van der Waals surface area (Å²) in [5.74, 6) is -0.644. The zero-order chi connectivity index (χ0) is 14.0. The van der Waals surface area contributed by atoms with Crippen molar-refractivity contribution in [3.8, 4) is 0 Å². The normalized spacial score (nSPS) is 16.2. The molecule has 0 aliphatic heterocycles. The summed E-state index contributed by atoms with van der Waals surface area (Å²) in [5.41, 5.74) is 0.608. The van der Waals surface area contributed by atoms with Crippen molar-refractivity contribution in [3.05, 3.63) is 24.0 Å². The fraction of sp³-hybridized carbons (Fsp3) is 0.571. The maximum atomic E-state index is 12.3. The average Bonchev–Trinajstić information content (AvgIpc) is 3.11. The first-order chi connectivity index (χ1) is 9.04. The van der Waals surface area contributed by atoms with Gasteiger partial charge in [0.05, 0.1) is 7.11 Å². The second-order valence-electron chi connectivity index (χ2n) is 5.25. The number of carbonyl (C=O) groups excluding carboxylic acids is 2. The smallest absolute Gasteiger partial charge is 0.328 e. The van der Waals surface area contributed by atoms with Gasteiger partial charge in [-0.15, -0.1) is 0 Å². The van der Waals surface area contributed by atoms with Crippen LogP contribution in [-0.4, -0.2) is 29.6 Å². The highest BCUT2D eigenvalue weighted by atomic mass is 16.5. The first-order valence-electron chi connectivity index (χ1n) is 6.60. The number of ether oxygens (including phenoxy) is 1. The second-order valence-corrected chi connectivity index (χ2v) is 5.25. The number of amides is 1. The monoisotopic (exact) mass is 264 g/mol. The highest BCUT2D eigenvalue weighted by Gasteiger charge is 2.29. The lowest BCUT2D eigenvalue weighted by atomic mass is 10.0.